The van der Waals surface area contributed by atoms with Gasteiger partial charge in [0, 0.05) is 37.6 Å². The number of ether oxygens (including phenoxy) is 1. The number of pyridine rings is 1. The summed E-state index contributed by atoms with van der Waals surface area (Å²) in [5.41, 5.74) is 2.30. The molecule has 8 heteroatoms. The normalized spacial score (nSPS) is 16.4. The number of para-hydroxylation sites is 1. The van der Waals surface area contributed by atoms with Gasteiger partial charge in [0.2, 0.25) is 5.91 Å². The summed E-state index contributed by atoms with van der Waals surface area (Å²) in [7, 11) is 4.13. The largest absolute Gasteiger partial charge is 0.494 e. The smallest absolute Gasteiger partial charge is 0.270 e. The third-order valence-corrected chi connectivity index (χ3v) is 7.13. The summed E-state index contributed by atoms with van der Waals surface area (Å²) in [5, 5.41) is 7.11. The van der Waals surface area contributed by atoms with Gasteiger partial charge in [-0.3, -0.25) is 14.5 Å². The zero-order valence-electron chi connectivity index (χ0n) is 24.2. The number of carbonyl (C=O) groups is 2. The van der Waals surface area contributed by atoms with Gasteiger partial charge in [0.15, 0.2) is 0 Å². The van der Waals surface area contributed by atoms with E-state index in [0.29, 0.717) is 18.7 Å². The zero-order chi connectivity index (χ0) is 28.5. The van der Waals surface area contributed by atoms with E-state index in [-0.39, 0.29) is 23.8 Å². The molecule has 8 nitrogen and oxygen atoms in total. The van der Waals surface area contributed by atoms with E-state index in [4.69, 9.17) is 4.74 Å². The minimum atomic E-state index is -0.611. The molecule has 214 valence electrons. The molecule has 1 aliphatic rings. The van der Waals surface area contributed by atoms with Crippen molar-refractivity contribution in [3.8, 4) is 5.75 Å². The summed E-state index contributed by atoms with van der Waals surface area (Å²) in [6.45, 7) is 8.35. The van der Waals surface area contributed by atoms with Gasteiger partial charge in [-0.2, -0.15) is 0 Å². The Morgan fingerprint density at radius 2 is 1.85 bits per heavy atom. The summed E-state index contributed by atoms with van der Waals surface area (Å²) >= 11 is 0. The van der Waals surface area contributed by atoms with Gasteiger partial charge in [0.1, 0.15) is 17.5 Å². The molecule has 2 heterocycles. The number of aromatic nitrogens is 1. The zero-order valence-corrected chi connectivity index (χ0v) is 24.2. The maximum atomic E-state index is 13.3. The maximum Gasteiger partial charge on any atom is 0.270 e. The molecule has 0 spiro atoms. The molecule has 2 amide bonds. The first-order valence-electron chi connectivity index (χ1n) is 14.3. The Labute approximate surface area is 238 Å². The van der Waals surface area contributed by atoms with Gasteiger partial charge < -0.3 is 20.3 Å². The molecule has 0 bridgehead atoms. The SMILES string of the molecule is CC(C)C[C@H](NC(=O)c1ccc2ccccc2n1)C(=O)N[C@H]1CCN(Cc2ccc(OCCCN(C)C)cc2)C1. The van der Waals surface area contributed by atoms with Crippen LogP contribution >= 0.6 is 0 Å². The molecule has 1 fully saturated rings. The second-order valence-corrected chi connectivity index (χ2v) is 11.4. The van der Waals surface area contributed by atoms with Crippen LogP contribution in [-0.4, -0.2) is 79.0 Å². The summed E-state index contributed by atoms with van der Waals surface area (Å²) in [4.78, 5) is 35.3. The Morgan fingerprint density at radius 1 is 1.07 bits per heavy atom. The number of nitrogens with one attached hydrogen (secondary N) is 2. The number of carbonyl (C=O) groups excluding carboxylic acids is 2. The number of hydrogen-bond donors (Lipinski definition) is 2. The van der Waals surface area contributed by atoms with Crippen LogP contribution in [0.4, 0.5) is 0 Å². The Morgan fingerprint density at radius 3 is 2.60 bits per heavy atom. The van der Waals surface area contributed by atoms with Gasteiger partial charge in [-0.05, 0) is 69.1 Å². The lowest BCUT2D eigenvalue weighted by atomic mass is 10.0. The van der Waals surface area contributed by atoms with Crippen molar-refractivity contribution in [2.24, 2.45) is 5.92 Å². The molecule has 0 saturated carbocycles. The fourth-order valence-electron chi connectivity index (χ4n) is 5.04. The van der Waals surface area contributed by atoms with Gasteiger partial charge in [0.05, 0.1) is 12.1 Å². The Balaban J connectivity index is 1.27. The lowest BCUT2D eigenvalue weighted by molar-refractivity contribution is -0.124. The lowest BCUT2D eigenvalue weighted by Crippen LogP contribution is -2.50. The van der Waals surface area contributed by atoms with E-state index in [2.05, 4.69) is 65.5 Å². The van der Waals surface area contributed by atoms with E-state index < -0.39 is 6.04 Å². The predicted octanol–water partition coefficient (Wildman–Crippen LogP) is 4.10. The van der Waals surface area contributed by atoms with Crippen LogP contribution in [0.5, 0.6) is 5.75 Å². The number of nitrogens with zero attached hydrogens (tertiary/aromatic N) is 3. The summed E-state index contributed by atoms with van der Waals surface area (Å²) in [6.07, 6.45) is 2.44. The van der Waals surface area contributed by atoms with E-state index in [1.165, 1.54) is 5.56 Å². The van der Waals surface area contributed by atoms with Crippen molar-refractivity contribution in [1.29, 1.82) is 0 Å². The first-order chi connectivity index (χ1) is 19.3. The van der Waals surface area contributed by atoms with Crippen LogP contribution < -0.4 is 15.4 Å². The second-order valence-electron chi connectivity index (χ2n) is 11.4. The number of likely N-dealkylation sites (tertiary alicyclic amines) is 1. The fraction of sp³-hybridized carbons (Fsp3) is 0.469. The van der Waals surface area contributed by atoms with Crippen molar-refractivity contribution in [2.45, 2.75) is 51.7 Å². The fourth-order valence-corrected chi connectivity index (χ4v) is 5.04. The van der Waals surface area contributed by atoms with Crippen LogP contribution in [0, 0.1) is 5.92 Å². The van der Waals surface area contributed by atoms with Gasteiger partial charge in [0.25, 0.3) is 5.91 Å². The highest BCUT2D eigenvalue weighted by Crippen LogP contribution is 2.18. The van der Waals surface area contributed by atoms with Crippen LogP contribution in [0.15, 0.2) is 60.7 Å². The number of fused-ring (bicyclic) bond motifs is 1. The van der Waals surface area contributed by atoms with Crippen molar-refractivity contribution < 1.29 is 14.3 Å². The molecule has 1 aliphatic heterocycles. The average molecular weight is 546 g/mol. The van der Waals surface area contributed by atoms with E-state index in [1.54, 1.807) is 6.07 Å². The van der Waals surface area contributed by atoms with E-state index in [9.17, 15) is 9.59 Å². The van der Waals surface area contributed by atoms with Crippen LogP contribution in [0.1, 0.15) is 49.2 Å². The van der Waals surface area contributed by atoms with Crippen molar-refractivity contribution in [2.75, 3.05) is 40.3 Å². The molecule has 1 aromatic heterocycles. The van der Waals surface area contributed by atoms with Crippen molar-refractivity contribution in [3.05, 3.63) is 71.9 Å². The Bertz CT molecular complexity index is 1260. The maximum absolute atomic E-state index is 13.3. The predicted molar refractivity (Wildman–Crippen MR) is 159 cm³/mol. The monoisotopic (exact) mass is 545 g/mol. The number of rotatable bonds is 13. The average Bonchev–Trinajstić information content (AvgIpc) is 3.37. The number of benzene rings is 2. The molecular weight excluding hydrogens is 502 g/mol. The van der Waals surface area contributed by atoms with Crippen molar-refractivity contribution >= 4 is 22.7 Å². The molecule has 2 atom stereocenters. The molecule has 2 N–H and O–H groups in total. The van der Waals surface area contributed by atoms with Crippen LogP contribution in [0.2, 0.25) is 0 Å². The number of hydrogen-bond acceptors (Lipinski definition) is 6. The van der Waals surface area contributed by atoms with Crippen molar-refractivity contribution in [1.82, 2.24) is 25.4 Å². The van der Waals surface area contributed by atoms with Gasteiger partial charge in [-0.25, -0.2) is 4.98 Å². The highest BCUT2D eigenvalue weighted by atomic mass is 16.5. The minimum absolute atomic E-state index is 0.0529. The third kappa shape index (κ3) is 8.76. The first-order valence-corrected chi connectivity index (χ1v) is 14.3. The van der Waals surface area contributed by atoms with Crippen LogP contribution in [0.3, 0.4) is 0 Å². The summed E-state index contributed by atoms with van der Waals surface area (Å²) < 4.78 is 5.84. The molecule has 0 aliphatic carbocycles. The van der Waals surface area contributed by atoms with Gasteiger partial charge in [-0.1, -0.05) is 50.2 Å². The molecule has 1 saturated heterocycles. The Kier molecular flexibility index (Phi) is 10.5. The lowest BCUT2D eigenvalue weighted by Gasteiger charge is -2.23. The third-order valence-electron chi connectivity index (χ3n) is 7.13. The Hall–Kier alpha value is -3.49. The summed E-state index contributed by atoms with van der Waals surface area (Å²) in [6, 6.07) is 19.0. The van der Waals surface area contributed by atoms with E-state index in [0.717, 1.165) is 55.7 Å². The van der Waals surface area contributed by atoms with Crippen LogP contribution in [-0.2, 0) is 11.3 Å². The standard InChI is InChI=1S/C32H43N5O3/c1-23(2)20-30(35-31(38)29-15-12-25-8-5-6-9-28(25)34-29)32(39)33-26-16-18-37(22-26)21-24-10-13-27(14-11-24)40-19-7-17-36(3)4/h5-6,8-15,23,26,30H,7,16-22H2,1-4H3,(H,33,39)(H,35,38)/t26-,30-/m0/s1. The molecule has 0 radical (unpaired) electrons. The molecule has 3 aromatic rings. The molecular formula is C32H43N5O3. The summed E-state index contributed by atoms with van der Waals surface area (Å²) in [5.74, 6) is 0.682. The first kappa shape index (κ1) is 29.5. The molecule has 2 aromatic carbocycles. The quantitative estimate of drug-likeness (QED) is 0.315. The highest BCUT2D eigenvalue weighted by Gasteiger charge is 2.29. The highest BCUT2D eigenvalue weighted by molar-refractivity contribution is 5.97. The number of amides is 2. The molecule has 40 heavy (non-hydrogen) atoms. The molecule has 0 unspecified atom stereocenters. The van der Waals surface area contributed by atoms with Gasteiger partial charge in [-0.15, -0.1) is 0 Å². The second kappa shape index (κ2) is 14.2. The van der Waals surface area contributed by atoms with Crippen molar-refractivity contribution in [3.63, 3.8) is 0 Å². The minimum Gasteiger partial charge on any atom is -0.494 e. The van der Waals surface area contributed by atoms with Gasteiger partial charge >= 0.3 is 0 Å². The topological polar surface area (TPSA) is 86.8 Å². The van der Waals surface area contributed by atoms with E-state index >= 15 is 0 Å². The molecule has 4 rings (SSSR count). The van der Waals surface area contributed by atoms with Crippen LogP contribution in [0.25, 0.3) is 10.9 Å². The van der Waals surface area contributed by atoms with E-state index in [1.807, 2.05) is 42.5 Å².